The lowest BCUT2D eigenvalue weighted by Gasteiger charge is -2.21. The maximum atomic E-state index is 10.2. The Balaban J connectivity index is 1.91. The fourth-order valence-electron chi connectivity index (χ4n) is 2.05. The first-order valence-electron chi connectivity index (χ1n) is 6.31. The molecule has 1 atom stereocenters. The van der Waals surface area contributed by atoms with E-state index in [0.717, 1.165) is 16.6 Å². The van der Waals surface area contributed by atoms with Crippen molar-refractivity contribution in [2.24, 2.45) is 0 Å². The predicted molar refractivity (Wildman–Crippen MR) is 81.9 cm³/mol. The van der Waals surface area contributed by atoms with E-state index in [-0.39, 0.29) is 0 Å². The minimum atomic E-state index is -0.457. The van der Waals surface area contributed by atoms with E-state index in [4.69, 9.17) is 0 Å². The average Bonchev–Trinajstić information content (AvgIpc) is 2.40. The van der Waals surface area contributed by atoms with Crippen LogP contribution in [0.1, 0.15) is 17.2 Å². The lowest BCUT2D eigenvalue weighted by atomic mass is 10.1. The Morgan fingerprint density at radius 2 is 1.68 bits per heavy atom. The highest BCUT2D eigenvalue weighted by Gasteiger charge is 2.10. The molecular weight excluding hydrogens is 302 g/mol. The first-order chi connectivity index (χ1) is 9.15. The fourth-order valence-corrected chi connectivity index (χ4v) is 2.31. The number of likely N-dealkylation sites (N-methyl/N-ethyl adjacent to an activating group) is 1. The Bertz CT molecular complexity index is 498. The van der Waals surface area contributed by atoms with Crippen molar-refractivity contribution in [1.82, 2.24) is 4.90 Å². The Morgan fingerprint density at radius 1 is 1.05 bits per heavy atom. The summed E-state index contributed by atoms with van der Waals surface area (Å²) in [6.07, 6.45) is -0.457. The molecule has 0 heterocycles. The molecule has 0 aliphatic heterocycles. The zero-order valence-corrected chi connectivity index (χ0v) is 12.5. The Morgan fingerprint density at radius 3 is 2.32 bits per heavy atom. The molecule has 100 valence electrons. The van der Waals surface area contributed by atoms with E-state index in [1.165, 1.54) is 5.56 Å². The predicted octanol–water partition coefficient (Wildman–Crippen LogP) is 3.61. The van der Waals surface area contributed by atoms with Crippen molar-refractivity contribution in [3.05, 3.63) is 70.2 Å². The van der Waals surface area contributed by atoms with Crippen LogP contribution in [0, 0.1) is 0 Å². The number of aliphatic hydroxyl groups is 1. The van der Waals surface area contributed by atoms with Gasteiger partial charge in [0.1, 0.15) is 0 Å². The van der Waals surface area contributed by atoms with Gasteiger partial charge in [0.25, 0.3) is 0 Å². The first kappa shape index (κ1) is 14.3. The van der Waals surface area contributed by atoms with Gasteiger partial charge in [-0.25, -0.2) is 0 Å². The van der Waals surface area contributed by atoms with Crippen molar-refractivity contribution in [3.63, 3.8) is 0 Å². The molecule has 2 nitrogen and oxygen atoms in total. The Hall–Kier alpha value is -1.16. The minimum absolute atomic E-state index is 0.457. The summed E-state index contributed by atoms with van der Waals surface area (Å²) in [7, 11) is 2.02. The molecule has 0 radical (unpaired) electrons. The van der Waals surface area contributed by atoms with Crippen LogP contribution < -0.4 is 0 Å². The summed E-state index contributed by atoms with van der Waals surface area (Å²) < 4.78 is 1.03. The van der Waals surface area contributed by atoms with Crippen LogP contribution in [0.4, 0.5) is 0 Å². The largest absolute Gasteiger partial charge is 0.387 e. The van der Waals surface area contributed by atoms with Gasteiger partial charge in [-0.1, -0.05) is 58.4 Å². The van der Waals surface area contributed by atoms with Gasteiger partial charge in [0.15, 0.2) is 0 Å². The van der Waals surface area contributed by atoms with Crippen LogP contribution in [-0.4, -0.2) is 23.6 Å². The van der Waals surface area contributed by atoms with E-state index < -0.39 is 6.10 Å². The van der Waals surface area contributed by atoms with Gasteiger partial charge in [-0.3, -0.25) is 4.90 Å². The van der Waals surface area contributed by atoms with Gasteiger partial charge in [0.2, 0.25) is 0 Å². The second-order valence-electron chi connectivity index (χ2n) is 4.75. The molecule has 2 aromatic carbocycles. The van der Waals surface area contributed by atoms with E-state index in [1.54, 1.807) is 0 Å². The van der Waals surface area contributed by atoms with E-state index >= 15 is 0 Å². The molecule has 0 fully saturated rings. The van der Waals surface area contributed by atoms with Gasteiger partial charge in [0.05, 0.1) is 6.10 Å². The second-order valence-corrected chi connectivity index (χ2v) is 5.67. The smallest absolute Gasteiger partial charge is 0.0916 e. The van der Waals surface area contributed by atoms with Crippen LogP contribution in [0.5, 0.6) is 0 Å². The molecule has 0 spiro atoms. The first-order valence-corrected chi connectivity index (χ1v) is 7.10. The lowest BCUT2D eigenvalue weighted by molar-refractivity contribution is 0.124. The highest BCUT2D eigenvalue weighted by molar-refractivity contribution is 9.10. The average molecular weight is 320 g/mol. The van der Waals surface area contributed by atoms with Crippen molar-refractivity contribution >= 4 is 15.9 Å². The van der Waals surface area contributed by atoms with Gasteiger partial charge in [-0.2, -0.15) is 0 Å². The SMILES string of the molecule is CN(Cc1ccccc1)C[C@@H](O)c1ccc(Br)cc1. The van der Waals surface area contributed by atoms with Gasteiger partial charge >= 0.3 is 0 Å². The number of halogens is 1. The second kappa shape index (κ2) is 6.85. The van der Waals surface area contributed by atoms with Crippen LogP contribution in [0.2, 0.25) is 0 Å². The molecule has 1 N–H and O–H groups in total. The number of hydrogen-bond donors (Lipinski definition) is 1. The Kier molecular flexibility index (Phi) is 5.14. The summed E-state index contributed by atoms with van der Waals surface area (Å²) in [5.74, 6) is 0. The van der Waals surface area contributed by atoms with Crippen molar-refractivity contribution in [2.45, 2.75) is 12.6 Å². The quantitative estimate of drug-likeness (QED) is 0.910. The molecule has 2 aromatic rings. The lowest BCUT2D eigenvalue weighted by Crippen LogP contribution is -2.24. The van der Waals surface area contributed by atoms with Crippen LogP contribution >= 0.6 is 15.9 Å². The van der Waals surface area contributed by atoms with Crippen LogP contribution in [0.25, 0.3) is 0 Å². The molecule has 3 heteroatoms. The third kappa shape index (κ3) is 4.46. The number of hydrogen-bond acceptors (Lipinski definition) is 2. The van der Waals surface area contributed by atoms with Crippen molar-refractivity contribution in [1.29, 1.82) is 0 Å². The molecule has 0 unspecified atom stereocenters. The molecule has 0 saturated heterocycles. The van der Waals surface area contributed by atoms with Crippen molar-refractivity contribution in [3.8, 4) is 0 Å². The fraction of sp³-hybridized carbons (Fsp3) is 0.250. The topological polar surface area (TPSA) is 23.5 Å². The maximum Gasteiger partial charge on any atom is 0.0916 e. The van der Waals surface area contributed by atoms with E-state index in [9.17, 15) is 5.11 Å². The summed E-state index contributed by atoms with van der Waals surface area (Å²) in [6, 6.07) is 18.1. The van der Waals surface area contributed by atoms with Crippen LogP contribution in [-0.2, 0) is 6.54 Å². The summed E-state index contributed by atoms with van der Waals surface area (Å²) in [5, 5.41) is 10.2. The van der Waals surface area contributed by atoms with Crippen LogP contribution in [0.15, 0.2) is 59.1 Å². The van der Waals surface area contributed by atoms with Crippen molar-refractivity contribution in [2.75, 3.05) is 13.6 Å². The zero-order valence-electron chi connectivity index (χ0n) is 11.0. The zero-order chi connectivity index (χ0) is 13.7. The number of aliphatic hydroxyl groups excluding tert-OH is 1. The molecule has 0 aromatic heterocycles. The van der Waals surface area contributed by atoms with E-state index in [1.807, 2.05) is 49.5 Å². The highest BCUT2D eigenvalue weighted by Crippen LogP contribution is 2.18. The number of rotatable bonds is 5. The van der Waals surface area contributed by atoms with Gasteiger partial charge < -0.3 is 5.11 Å². The van der Waals surface area contributed by atoms with Gasteiger partial charge in [-0.05, 0) is 30.3 Å². The van der Waals surface area contributed by atoms with Crippen LogP contribution in [0.3, 0.4) is 0 Å². The summed E-state index contributed by atoms with van der Waals surface area (Å²) in [5.41, 5.74) is 2.20. The van der Waals surface area contributed by atoms with Gasteiger partial charge in [-0.15, -0.1) is 0 Å². The molecule has 2 rings (SSSR count). The molecule has 0 amide bonds. The highest BCUT2D eigenvalue weighted by atomic mass is 79.9. The molecule has 0 bridgehead atoms. The molecular formula is C16H18BrNO. The third-order valence-corrected chi connectivity index (χ3v) is 3.56. The van der Waals surface area contributed by atoms with E-state index in [2.05, 4.69) is 33.0 Å². The monoisotopic (exact) mass is 319 g/mol. The molecule has 0 aliphatic carbocycles. The molecule has 0 aliphatic rings. The minimum Gasteiger partial charge on any atom is -0.387 e. The molecule has 19 heavy (non-hydrogen) atoms. The summed E-state index contributed by atoms with van der Waals surface area (Å²) in [6.45, 7) is 1.46. The Labute approximate surface area is 122 Å². The normalized spacial score (nSPS) is 12.6. The summed E-state index contributed by atoms with van der Waals surface area (Å²) in [4.78, 5) is 2.13. The number of nitrogens with zero attached hydrogens (tertiary/aromatic N) is 1. The van der Waals surface area contributed by atoms with E-state index in [0.29, 0.717) is 6.54 Å². The van der Waals surface area contributed by atoms with Gasteiger partial charge in [0, 0.05) is 17.6 Å². The number of benzene rings is 2. The maximum absolute atomic E-state index is 10.2. The standard InChI is InChI=1S/C16H18BrNO/c1-18(11-13-5-3-2-4-6-13)12-16(19)14-7-9-15(17)10-8-14/h2-10,16,19H,11-12H2,1H3/t16-/m1/s1. The summed E-state index contributed by atoms with van der Waals surface area (Å²) >= 11 is 3.40. The third-order valence-electron chi connectivity index (χ3n) is 3.03. The molecule has 0 saturated carbocycles. The van der Waals surface area contributed by atoms with Crippen molar-refractivity contribution < 1.29 is 5.11 Å².